The Hall–Kier alpha value is -1.92. The summed E-state index contributed by atoms with van der Waals surface area (Å²) in [5.74, 6) is -4.05. The van der Waals surface area contributed by atoms with Crippen molar-refractivity contribution in [2.24, 2.45) is 0 Å². The molecule has 0 saturated heterocycles. The van der Waals surface area contributed by atoms with E-state index in [-0.39, 0.29) is 18.8 Å². The van der Waals surface area contributed by atoms with E-state index in [9.17, 15) is 18.0 Å². The predicted molar refractivity (Wildman–Crippen MR) is 69.0 cm³/mol. The molecule has 0 heterocycles. The van der Waals surface area contributed by atoms with Gasteiger partial charge in [-0.05, 0) is 20.8 Å². The summed E-state index contributed by atoms with van der Waals surface area (Å²) >= 11 is 0. The van der Waals surface area contributed by atoms with Crippen molar-refractivity contribution in [3.8, 4) is 0 Å². The molecule has 0 atom stereocenters. The summed E-state index contributed by atoms with van der Waals surface area (Å²) in [6.07, 6.45) is -0.587. The number of rotatable bonds is 4. The van der Waals surface area contributed by atoms with Crippen LogP contribution in [-0.4, -0.2) is 24.8 Å². The van der Waals surface area contributed by atoms with E-state index in [0.29, 0.717) is 0 Å². The minimum Gasteiger partial charge on any atom is -0.444 e. The number of hydrogen-bond donors (Lipinski definition) is 2. The van der Waals surface area contributed by atoms with Crippen LogP contribution in [0.4, 0.5) is 23.7 Å². The Morgan fingerprint density at radius 1 is 1.15 bits per heavy atom. The largest absolute Gasteiger partial charge is 0.444 e. The van der Waals surface area contributed by atoms with Crippen molar-refractivity contribution >= 4 is 11.8 Å². The van der Waals surface area contributed by atoms with E-state index in [0.717, 1.165) is 12.1 Å². The SMILES string of the molecule is CC(C)(C)OC(=O)NCCNc1cc(F)c(F)c(F)c1. The van der Waals surface area contributed by atoms with Crippen LogP contribution in [0.5, 0.6) is 0 Å². The summed E-state index contributed by atoms with van der Waals surface area (Å²) < 4.78 is 43.5. The molecule has 112 valence electrons. The van der Waals surface area contributed by atoms with E-state index in [1.165, 1.54) is 0 Å². The number of benzene rings is 1. The molecule has 20 heavy (non-hydrogen) atoms. The van der Waals surface area contributed by atoms with Crippen LogP contribution >= 0.6 is 0 Å². The van der Waals surface area contributed by atoms with Gasteiger partial charge in [0.15, 0.2) is 17.5 Å². The lowest BCUT2D eigenvalue weighted by atomic mass is 10.2. The van der Waals surface area contributed by atoms with Crippen molar-refractivity contribution in [2.45, 2.75) is 26.4 Å². The molecule has 0 spiro atoms. The standard InChI is InChI=1S/C13H17F3N2O2/c1-13(2,3)20-12(19)18-5-4-17-8-6-9(14)11(16)10(15)7-8/h6-7,17H,4-5H2,1-3H3,(H,18,19). The minimum atomic E-state index is -1.51. The summed E-state index contributed by atoms with van der Waals surface area (Å²) in [5.41, 5.74) is -0.506. The Morgan fingerprint density at radius 2 is 1.70 bits per heavy atom. The molecule has 0 aromatic heterocycles. The topological polar surface area (TPSA) is 50.4 Å². The molecule has 4 nitrogen and oxygen atoms in total. The fraction of sp³-hybridized carbons (Fsp3) is 0.462. The molecule has 0 aliphatic rings. The summed E-state index contributed by atoms with van der Waals surface area (Å²) in [6, 6.07) is 1.68. The highest BCUT2D eigenvalue weighted by molar-refractivity contribution is 5.67. The van der Waals surface area contributed by atoms with Crippen molar-refractivity contribution in [2.75, 3.05) is 18.4 Å². The number of carbonyl (C=O) groups excluding carboxylic acids is 1. The Morgan fingerprint density at radius 3 is 2.20 bits per heavy atom. The van der Waals surface area contributed by atoms with Crippen LogP contribution in [0.3, 0.4) is 0 Å². The summed E-state index contributed by atoms with van der Waals surface area (Å²) in [4.78, 5) is 11.3. The van der Waals surface area contributed by atoms with Gasteiger partial charge in [-0.15, -0.1) is 0 Å². The predicted octanol–water partition coefficient (Wildman–Crippen LogP) is 3.04. The van der Waals surface area contributed by atoms with Gasteiger partial charge in [0, 0.05) is 30.9 Å². The number of hydrogen-bond acceptors (Lipinski definition) is 3. The first-order valence-corrected chi connectivity index (χ1v) is 6.04. The Labute approximate surface area is 115 Å². The van der Waals surface area contributed by atoms with Gasteiger partial charge in [0.2, 0.25) is 0 Å². The van der Waals surface area contributed by atoms with Crippen molar-refractivity contribution in [1.82, 2.24) is 5.32 Å². The molecule has 0 bridgehead atoms. The fourth-order valence-corrected chi connectivity index (χ4v) is 1.34. The monoisotopic (exact) mass is 290 g/mol. The number of carbonyl (C=O) groups is 1. The highest BCUT2D eigenvalue weighted by atomic mass is 19.2. The van der Waals surface area contributed by atoms with Crippen LogP contribution in [0.1, 0.15) is 20.8 Å². The lowest BCUT2D eigenvalue weighted by molar-refractivity contribution is 0.0530. The molecule has 0 aliphatic carbocycles. The van der Waals surface area contributed by atoms with Gasteiger partial charge in [0.25, 0.3) is 0 Å². The molecule has 0 saturated carbocycles. The van der Waals surface area contributed by atoms with Crippen molar-refractivity contribution in [3.05, 3.63) is 29.6 Å². The van der Waals surface area contributed by atoms with E-state index < -0.39 is 29.1 Å². The van der Waals surface area contributed by atoms with Crippen LogP contribution in [-0.2, 0) is 4.74 Å². The van der Waals surface area contributed by atoms with Crippen LogP contribution in [0, 0.1) is 17.5 Å². The first kappa shape index (κ1) is 16.1. The summed E-state index contributed by atoms with van der Waals surface area (Å²) in [7, 11) is 0. The van der Waals surface area contributed by atoms with Gasteiger partial charge in [-0.3, -0.25) is 0 Å². The Kier molecular flexibility index (Phi) is 5.24. The number of halogens is 3. The number of alkyl carbamates (subject to hydrolysis) is 1. The zero-order chi connectivity index (χ0) is 15.3. The molecular formula is C13H17F3N2O2. The zero-order valence-corrected chi connectivity index (χ0v) is 11.5. The van der Waals surface area contributed by atoms with Crippen LogP contribution in [0.25, 0.3) is 0 Å². The van der Waals surface area contributed by atoms with E-state index >= 15 is 0 Å². The average Bonchev–Trinajstić information content (AvgIpc) is 2.29. The third-order valence-electron chi connectivity index (χ3n) is 2.11. The van der Waals surface area contributed by atoms with Gasteiger partial charge in [0.05, 0.1) is 0 Å². The van der Waals surface area contributed by atoms with E-state index in [2.05, 4.69) is 10.6 Å². The minimum absolute atomic E-state index is 0.0902. The maximum atomic E-state index is 12.9. The Bertz CT molecular complexity index is 464. The quantitative estimate of drug-likeness (QED) is 0.662. The molecule has 2 N–H and O–H groups in total. The normalized spacial score (nSPS) is 11.1. The van der Waals surface area contributed by atoms with Gasteiger partial charge in [-0.25, -0.2) is 18.0 Å². The van der Waals surface area contributed by atoms with Crippen molar-refractivity contribution < 1.29 is 22.7 Å². The second kappa shape index (κ2) is 6.49. The number of anilines is 1. The molecular weight excluding hydrogens is 273 g/mol. The van der Waals surface area contributed by atoms with E-state index in [4.69, 9.17) is 4.74 Å². The third-order valence-corrected chi connectivity index (χ3v) is 2.11. The third kappa shape index (κ3) is 5.38. The van der Waals surface area contributed by atoms with Crippen LogP contribution in [0.15, 0.2) is 12.1 Å². The number of amides is 1. The zero-order valence-electron chi connectivity index (χ0n) is 11.5. The molecule has 1 aromatic carbocycles. The molecule has 1 aromatic rings. The molecule has 7 heteroatoms. The number of nitrogens with one attached hydrogen (secondary N) is 2. The lowest BCUT2D eigenvalue weighted by Gasteiger charge is -2.19. The smallest absolute Gasteiger partial charge is 0.407 e. The van der Waals surface area contributed by atoms with Crippen LogP contribution < -0.4 is 10.6 Å². The van der Waals surface area contributed by atoms with Gasteiger partial charge >= 0.3 is 6.09 Å². The van der Waals surface area contributed by atoms with Crippen molar-refractivity contribution in [3.63, 3.8) is 0 Å². The van der Waals surface area contributed by atoms with Gasteiger partial charge < -0.3 is 15.4 Å². The van der Waals surface area contributed by atoms with E-state index in [1.807, 2.05) is 0 Å². The first-order valence-electron chi connectivity index (χ1n) is 6.04. The van der Waals surface area contributed by atoms with Crippen LogP contribution in [0.2, 0.25) is 0 Å². The summed E-state index contributed by atoms with van der Waals surface area (Å²) in [5, 5.41) is 5.12. The second-order valence-electron chi connectivity index (χ2n) is 5.11. The maximum Gasteiger partial charge on any atom is 0.407 e. The lowest BCUT2D eigenvalue weighted by Crippen LogP contribution is -2.35. The highest BCUT2D eigenvalue weighted by Gasteiger charge is 2.15. The fourth-order valence-electron chi connectivity index (χ4n) is 1.34. The summed E-state index contributed by atoms with van der Waals surface area (Å²) in [6.45, 7) is 5.60. The molecule has 0 unspecified atom stereocenters. The molecule has 0 radical (unpaired) electrons. The molecule has 0 aliphatic heterocycles. The first-order chi connectivity index (χ1) is 9.19. The molecule has 1 amide bonds. The highest BCUT2D eigenvalue weighted by Crippen LogP contribution is 2.16. The molecule has 0 fully saturated rings. The van der Waals surface area contributed by atoms with Gasteiger partial charge in [0.1, 0.15) is 5.60 Å². The Balaban J connectivity index is 2.37. The maximum absolute atomic E-state index is 12.9. The van der Waals surface area contributed by atoms with E-state index in [1.54, 1.807) is 20.8 Å². The average molecular weight is 290 g/mol. The van der Waals surface area contributed by atoms with Gasteiger partial charge in [-0.2, -0.15) is 0 Å². The second-order valence-corrected chi connectivity index (χ2v) is 5.11. The van der Waals surface area contributed by atoms with Gasteiger partial charge in [-0.1, -0.05) is 0 Å². The number of ether oxygens (including phenoxy) is 1. The van der Waals surface area contributed by atoms with Crippen molar-refractivity contribution in [1.29, 1.82) is 0 Å². The molecule has 1 rings (SSSR count).